The fraction of sp³-hybridized carbons (Fsp3) is 0.250. The summed E-state index contributed by atoms with van der Waals surface area (Å²) in [4.78, 5) is 11.4. The van der Waals surface area contributed by atoms with Gasteiger partial charge in [0, 0.05) is 13.0 Å². The maximum absolute atomic E-state index is 13.0. The molecular formula is C12H13FN6. The minimum absolute atomic E-state index is 0.270. The van der Waals surface area contributed by atoms with E-state index in [1.807, 2.05) is 0 Å². The van der Waals surface area contributed by atoms with Crippen LogP contribution in [0.1, 0.15) is 12.2 Å². The molecule has 3 rings (SSSR count). The summed E-state index contributed by atoms with van der Waals surface area (Å²) in [5, 5.41) is 9.76. The first-order valence-electron chi connectivity index (χ1n) is 6.04. The number of rotatable bonds is 5. The molecular weight excluding hydrogens is 247 g/mol. The molecule has 6 nitrogen and oxygen atoms in total. The van der Waals surface area contributed by atoms with Crippen LogP contribution in [-0.4, -0.2) is 31.7 Å². The number of fused-ring (bicyclic) bond motifs is 1. The first-order chi connectivity index (χ1) is 9.31. The highest BCUT2D eigenvalue weighted by molar-refractivity contribution is 5.77. The normalized spacial score (nSPS) is 11.0. The largest absolute Gasteiger partial charge is 0.356 e. The number of aromatic nitrogens is 5. The number of halogens is 1. The predicted octanol–water partition coefficient (Wildman–Crippen LogP) is 1.86. The molecule has 0 aliphatic carbocycles. The van der Waals surface area contributed by atoms with Gasteiger partial charge < -0.3 is 10.3 Å². The number of hydrogen-bond donors (Lipinski definition) is 3. The first kappa shape index (κ1) is 11.6. The number of anilines is 1. The molecule has 7 heteroatoms. The average molecular weight is 260 g/mol. The molecule has 1 aromatic carbocycles. The van der Waals surface area contributed by atoms with Crippen molar-refractivity contribution in [3.05, 3.63) is 36.2 Å². The van der Waals surface area contributed by atoms with Gasteiger partial charge in [-0.25, -0.2) is 14.4 Å². The zero-order chi connectivity index (χ0) is 13.1. The topological polar surface area (TPSA) is 82.3 Å². The van der Waals surface area contributed by atoms with Crippen molar-refractivity contribution in [2.24, 2.45) is 0 Å². The summed E-state index contributed by atoms with van der Waals surface area (Å²) in [5.41, 5.74) is 1.44. The van der Waals surface area contributed by atoms with Crippen LogP contribution in [0.4, 0.5) is 10.3 Å². The minimum Gasteiger partial charge on any atom is -0.356 e. The molecule has 0 radical (unpaired) electrons. The van der Waals surface area contributed by atoms with E-state index in [2.05, 4.69) is 30.5 Å². The summed E-state index contributed by atoms with van der Waals surface area (Å²) < 4.78 is 13.0. The van der Waals surface area contributed by atoms with Gasteiger partial charge in [-0.15, -0.1) is 0 Å². The average Bonchev–Trinajstić information content (AvgIpc) is 3.02. The molecule has 0 spiro atoms. The van der Waals surface area contributed by atoms with Crippen molar-refractivity contribution in [2.75, 3.05) is 11.9 Å². The van der Waals surface area contributed by atoms with Crippen molar-refractivity contribution in [1.82, 2.24) is 25.1 Å². The standard InChI is InChI=1S/C12H13FN6/c13-8-3-4-9-10(6-8)18-12(17-9)14-5-1-2-11-15-7-16-19-11/h3-4,6-7H,1-2,5H2,(H2,14,17,18)(H,15,16,19). The summed E-state index contributed by atoms with van der Waals surface area (Å²) in [6.07, 6.45) is 3.22. The Balaban J connectivity index is 1.56. The Morgan fingerprint density at radius 3 is 3.11 bits per heavy atom. The maximum Gasteiger partial charge on any atom is 0.201 e. The Morgan fingerprint density at radius 1 is 1.32 bits per heavy atom. The number of nitrogens with one attached hydrogen (secondary N) is 3. The van der Waals surface area contributed by atoms with Crippen LogP contribution in [0, 0.1) is 5.82 Å². The van der Waals surface area contributed by atoms with Gasteiger partial charge in [-0.2, -0.15) is 5.10 Å². The monoisotopic (exact) mass is 260 g/mol. The molecule has 0 unspecified atom stereocenters. The lowest BCUT2D eigenvalue weighted by Crippen LogP contribution is -2.04. The van der Waals surface area contributed by atoms with Gasteiger partial charge in [0.05, 0.1) is 11.0 Å². The van der Waals surface area contributed by atoms with E-state index < -0.39 is 0 Å². The number of hydrogen-bond acceptors (Lipinski definition) is 4. The van der Waals surface area contributed by atoms with E-state index in [0.717, 1.165) is 30.7 Å². The molecule has 98 valence electrons. The van der Waals surface area contributed by atoms with Gasteiger partial charge in [0.25, 0.3) is 0 Å². The van der Waals surface area contributed by atoms with Crippen LogP contribution < -0.4 is 5.32 Å². The summed E-state index contributed by atoms with van der Waals surface area (Å²) in [6.45, 7) is 0.753. The van der Waals surface area contributed by atoms with E-state index in [4.69, 9.17) is 0 Å². The summed E-state index contributed by atoms with van der Waals surface area (Å²) >= 11 is 0. The Bertz CT molecular complexity index is 660. The number of nitrogens with zero attached hydrogens (tertiary/aromatic N) is 3. The molecule has 2 heterocycles. The van der Waals surface area contributed by atoms with Gasteiger partial charge in [0.15, 0.2) is 0 Å². The van der Waals surface area contributed by atoms with Crippen LogP contribution in [0.25, 0.3) is 11.0 Å². The van der Waals surface area contributed by atoms with E-state index in [9.17, 15) is 4.39 Å². The van der Waals surface area contributed by atoms with Gasteiger partial charge in [-0.05, 0) is 24.6 Å². The number of imidazole rings is 1. The second-order valence-corrected chi connectivity index (χ2v) is 4.21. The van der Waals surface area contributed by atoms with Crippen molar-refractivity contribution in [3.8, 4) is 0 Å². The smallest absolute Gasteiger partial charge is 0.201 e. The number of aromatic amines is 2. The Kier molecular flexibility index (Phi) is 3.09. The van der Waals surface area contributed by atoms with E-state index in [-0.39, 0.29) is 5.82 Å². The van der Waals surface area contributed by atoms with E-state index in [1.54, 1.807) is 6.07 Å². The molecule has 19 heavy (non-hydrogen) atoms. The van der Waals surface area contributed by atoms with Gasteiger partial charge in [-0.1, -0.05) is 0 Å². The van der Waals surface area contributed by atoms with Gasteiger partial charge in [-0.3, -0.25) is 5.10 Å². The third-order valence-electron chi connectivity index (χ3n) is 2.79. The molecule has 0 aliphatic rings. The summed E-state index contributed by atoms with van der Waals surface area (Å²) in [6, 6.07) is 4.49. The van der Waals surface area contributed by atoms with Crippen molar-refractivity contribution in [1.29, 1.82) is 0 Å². The van der Waals surface area contributed by atoms with Gasteiger partial charge in [0.1, 0.15) is 18.0 Å². The third-order valence-corrected chi connectivity index (χ3v) is 2.79. The Labute approximate surface area is 108 Å². The van der Waals surface area contributed by atoms with E-state index in [0.29, 0.717) is 11.5 Å². The molecule has 3 aromatic rings. The highest BCUT2D eigenvalue weighted by Crippen LogP contribution is 2.15. The fourth-order valence-electron chi connectivity index (χ4n) is 1.88. The van der Waals surface area contributed by atoms with E-state index >= 15 is 0 Å². The highest BCUT2D eigenvalue weighted by atomic mass is 19.1. The summed E-state index contributed by atoms with van der Waals surface area (Å²) in [7, 11) is 0. The quantitative estimate of drug-likeness (QED) is 0.611. The van der Waals surface area contributed by atoms with E-state index in [1.165, 1.54) is 18.5 Å². The molecule has 0 bridgehead atoms. The molecule has 0 saturated carbocycles. The molecule has 0 fully saturated rings. The molecule has 3 N–H and O–H groups in total. The Hall–Kier alpha value is -2.44. The lowest BCUT2D eigenvalue weighted by molar-refractivity contribution is 0.629. The molecule has 0 saturated heterocycles. The van der Waals surface area contributed by atoms with Crippen molar-refractivity contribution < 1.29 is 4.39 Å². The molecule has 0 aliphatic heterocycles. The number of benzene rings is 1. The van der Waals surface area contributed by atoms with Crippen molar-refractivity contribution in [2.45, 2.75) is 12.8 Å². The lowest BCUT2D eigenvalue weighted by Gasteiger charge is -2.00. The first-order valence-corrected chi connectivity index (χ1v) is 6.04. The fourth-order valence-corrected chi connectivity index (χ4v) is 1.88. The lowest BCUT2D eigenvalue weighted by atomic mass is 10.3. The van der Waals surface area contributed by atoms with Crippen LogP contribution in [0.2, 0.25) is 0 Å². The molecule has 0 atom stereocenters. The van der Waals surface area contributed by atoms with Crippen LogP contribution >= 0.6 is 0 Å². The van der Waals surface area contributed by atoms with Gasteiger partial charge >= 0.3 is 0 Å². The van der Waals surface area contributed by atoms with Crippen LogP contribution in [-0.2, 0) is 6.42 Å². The second kappa shape index (κ2) is 5.05. The summed E-state index contributed by atoms with van der Waals surface area (Å²) in [5.74, 6) is 1.25. The van der Waals surface area contributed by atoms with Crippen LogP contribution in [0.5, 0.6) is 0 Å². The van der Waals surface area contributed by atoms with Crippen molar-refractivity contribution >= 4 is 17.0 Å². The van der Waals surface area contributed by atoms with Gasteiger partial charge in [0.2, 0.25) is 5.95 Å². The predicted molar refractivity (Wildman–Crippen MR) is 69.2 cm³/mol. The second-order valence-electron chi connectivity index (χ2n) is 4.21. The molecule has 0 amide bonds. The number of aryl methyl sites for hydroxylation is 1. The zero-order valence-electron chi connectivity index (χ0n) is 10.2. The number of H-pyrrole nitrogens is 2. The maximum atomic E-state index is 13.0. The minimum atomic E-state index is -0.270. The molecule has 2 aromatic heterocycles. The highest BCUT2D eigenvalue weighted by Gasteiger charge is 2.03. The SMILES string of the molecule is Fc1ccc2nc(NCCCc3ncn[nH]3)[nH]c2c1. The van der Waals surface area contributed by atoms with Crippen molar-refractivity contribution in [3.63, 3.8) is 0 Å². The Morgan fingerprint density at radius 2 is 2.26 bits per heavy atom. The third kappa shape index (κ3) is 2.70. The van der Waals surface area contributed by atoms with Crippen LogP contribution in [0.3, 0.4) is 0 Å². The zero-order valence-corrected chi connectivity index (χ0v) is 10.2. The van der Waals surface area contributed by atoms with Crippen LogP contribution in [0.15, 0.2) is 24.5 Å².